The van der Waals surface area contributed by atoms with Gasteiger partial charge in [0.05, 0.1) is 11.5 Å². The van der Waals surface area contributed by atoms with E-state index in [1.807, 2.05) is 6.08 Å². The maximum Gasteiger partial charge on any atom is 0.309 e. The Balaban J connectivity index is 2.14. The molecule has 0 heterocycles. The summed E-state index contributed by atoms with van der Waals surface area (Å²) in [5.74, 6) is -0.522. The van der Waals surface area contributed by atoms with Gasteiger partial charge in [0.15, 0.2) is 0 Å². The molecule has 2 N–H and O–H groups in total. The van der Waals surface area contributed by atoms with E-state index in [-0.39, 0.29) is 17.9 Å². The first kappa shape index (κ1) is 11.2. The summed E-state index contributed by atoms with van der Waals surface area (Å²) in [7, 11) is 0. The van der Waals surface area contributed by atoms with Gasteiger partial charge in [0.25, 0.3) is 0 Å². The van der Waals surface area contributed by atoms with Gasteiger partial charge in [-0.25, -0.2) is 0 Å². The number of aliphatic carboxylic acids is 1. The zero-order chi connectivity index (χ0) is 11.9. The standard InChI is InChI=1S/C12H17NO3/c1-7(14)13-10-4-8-3-9(10)6-12(2,5-8)11(15)16/h4,9-10H,3,5-6H2,1-2H3,(H,13,14)(H,15,16). The Morgan fingerprint density at radius 1 is 1.56 bits per heavy atom. The minimum Gasteiger partial charge on any atom is -0.481 e. The van der Waals surface area contributed by atoms with Crippen LogP contribution in [0.5, 0.6) is 0 Å². The van der Waals surface area contributed by atoms with Crippen molar-refractivity contribution < 1.29 is 14.7 Å². The lowest BCUT2D eigenvalue weighted by molar-refractivity contribution is -0.149. The number of carboxylic acid groups (broad SMARTS) is 1. The number of carboxylic acids is 1. The Bertz CT molecular complexity index is 374. The zero-order valence-corrected chi connectivity index (χ0v) is 9.62. The molecule has 1 saturated carbocycles. The molecular formula is C12H17NO3. The smallest absolute Gasteiger partial charge is 0.309 e. The van der Waals surface area contributed by atoms with Crippen LogP contribution in [0.15, 0.2) is 11.6 Å². The molecule has 2 rings (SSSR count). The first-order chi connectivity index (χ1) is 7.40. The molecule has 0 radical (unpaired) electrons. The van der Waals surface area contributed by atoms with E-state index in [0.717, 1.165) is 6.42 Å². The SMILES string of the molecule is CC(=O)NC1C=C2CC1CC(C)(C(=O)O)C2. The molecular weight excluding hydrogens is 206 g/mol. The highest BCUT2D eigenvalue weighted by atomic mass is 16.4. The van der Waals surface area contributed by atoms with Gasteiger partial charge in [0.1, 0.15) is 0 Å². The fourth-order valence-corrected chi connectivity index (χ4v) is 2.96. The average molecular weight is 223 g/mol. The molecule has 0 spiro atoms. The average Bonchev–Trinajstić information content (AvgIpc) is 2.40. The van der Waals surface area contributed by atoms with Crippen molar-refractivity contribution in [3.05, 3.63) is 11.6 Å². The molecule has 3 atom stereocenters. The summed E-state index contributed by atoms with van der Waals surface area (Å²) in [5.41, 5.74) is 0.530. The van der Waals surface area contributed by atoms with Crippen LogP contribution < -0.4 is 5.32 Å². The Kier molecular flexibility index (Phi) is 2.52. The molecule has 4 heteroatoms. The lowest BCUT2D eigenvalue weighted by Gasteiger charge is -2.34. The van der Waals surface area contributed by atoms with Crippen LogP contribution >= 0.6 is 0 Å². The van der Waals surface area contributed by atoms with Crippen LogP contribution in [-0.2, 0) is 9.59 Å². The van der Waals surface area contributed by atoms with Gasteiger partial charge in [-0.05, 0) is 32.1 Å². The number of hydrogen-bond acceptors (Lipinski definition) is 2. The molecule has 4 nitrogen and oxygen atoms in total. The molecule has 3 unspecified atom stereocenters. The minimum atomic E-state index is -0.730. The molecule has 16 heavy (non-hydrogen) atoms. The lowest BCUT2D eigenvalue weighted by atomic mass is 9.71. The van der Waals surface area contributed by atoms with Gasteiger partial charge in [-0.15, -0.1) is 0 Å². The number of amides is 1. The minimum absolute atomic E-state index is 0.0358. The van der Waals surface area contributed by atoms with Crippen molar-refractivity contribution in [2.75, 3.05) is 0 Å². The van der Waals surface area contributed by atoms with Gasteiger partial charge in [0.2, 0.25) is 5.91 Å². The van der Waals surface area contributed by atoms with Crippen LogP contribution in [0.4, 0.5) is 0 Å². The van der Waals surface area contributed by atoms with E-state index in [1.165, 1.54) is 12.5 Å². The van der Waals surface area contributed by atoms with Crippen LogP contribution in [0, 0.1) is 11.3 Å². The summed E-state index contributed by atoms with van der Waals surface area (Å²) in [5, 5.41) is 12.1. The molecule has 0 aromatic heterocycles. The van der Waals surface area contributed by atoms with Gasteiger partial charge in [0, 0.05) is 6.92 Å². The summed E-state index contributed by atoms with van der Waals surface area (Å²) in [6, 6.07) is 0.0358. The van der Waals surface area contributed by atoms with Crippen molar-refractivity contribution in [2.24, 2.45) is 11.3 Å². The third kappa shape index (κ3) is 1.84. The Morgan fingerprint density at radius 3 is 2.81 bits per heavy atom. The zero-order valence-electron chi connectivity index (χ0n) is 9.62. The highest BCUT2D eigenvalue weighted by molar-refractivity contribution is 5.76. The fourth-order valence-electron chi connectivity index (χ4n) is 2.96. The third-order valence-corrected chi connectivity index (χ3v) is 3.66. The number of carbonyl (C=O) groups excluding carboxylic acids is 1. The second kappa shape index (κ2) is 3.61. The summed E-state index contributed by atoms with van der Waals surface area (Å²) >= 11 is 0. The van der Waals surface area contributed by atoms with Crippen LogP contribution in [-0.4, -0.2) is 23.0 Å². The molecule has 2 bridgehead atoms. The Hall–Kier alpha value is -1.32. The van der Waals surface area contributed by atoms with E-state index >= 15 is 0 Å². The predicted molar refractivity (Wildman–Crippen MR) is 58.8 cm³/mol. The van der Waals surface area contributed by atoms with Crippen LogP contribution in [0.3, 0.4) is 0 Å². The maximum atomic E-state index is 11.2. The molecule has 1 amide bonds. The lowest BCUT2D eigenvalue weighted by Crippen LogP contribution is -2.40. The summed E-state index contributed by atoms with van der Waals surface area (Å²) in [6.07, 6.45) is 4.25. The van der Waals surface area contributed by atoms with Gasteiger partial charge in [-0.2, -0.15) is 0 Å². The number of nitrogens with one attached hydrogen (secondary N) is 1. The largest absolute Gasteiger partial charge is 0.481 e. The van der Waals surface area contributed by atoms with Crippen molar-refractivity contribution in [1.29, 1.82) is 0 Å². The maximum absolute atomic E-state index is 11.2. The predicted octanol–water partition coefficient (Wildman–Crippen LogP) is 1.32. The van der Waals surface area contributed by atoms with E-state index < -0.39 is 11.4 Å². The first-order valence-corrected chi connectivity index (χ1v) is 5.61. The van der Waals surface area contributed by atoms with Crippen molar-refractivity contribution in [3.8, 4) is 0 Å². The van der Waals surface area contributed by atoms with Gasteiger partial charge < -0.3 is 10.4 Å². The van der Waals surface area contributed by atoms with E-state index in [0.29, 0.717) is 12.8 Å². The molecule has 2 aliphatic carbocycles. The highest BCUT2D eigenvalue weighted by Gasteiger charge is 2.45. The number of hydrogen-bond donors (Lipinski definition) is 2. The van der Waals surface area contributed by atoms with Crippen molar-refractivity contribution in [2.45, 2.75) is 39.2 Å². The number of rotatable bonds is 2. The molecule has 0 aromatic carbocycles. The molecule has 88 valence electrons. The molecule has 0 aromatic rings. The van der Waals surface area contributed by atoms with Crippen LogP contribution in [0.2, 0.25) is 0 Å². The van der Waals surface area contributed by atoms with Crippen molar-refractivity contribution >= 4 is 11.9 Å². The van der Waals surface area contributed by atoms with E-state index in [1.54, 1.807) is 6.92 Å². The summed E-state index contributed by atoms with van der Waals surface area (Å²) < 4.78 is 0. The Morgan fingerprint density at radius 2 is 2.25 bits per heavy atom. The van der Waals surface area contributed by atoms with Crippen LogP contribution in [0.1, 0.15) is 33.1 Å². The summed E-state index contributed by atoms with van der Waals surface area (Å²) in [6.45, 7) is 3.29. The number of fused-ring (bicyclic) bond motifs is 2. The van der Waals surface area contributed by atoms with E-state index in [4.69, 9.17) is 0 Å². The number of allylic oxidation sites excluding steroid dienone is 1. The molecule has 0 aliphatic heterocycles. The van der Waals surface area contributed by atoms with Crippen LogP contribution in [0.25, 0.3) is 0 Å². The van der Waals surface area contributed by atoms with Crippen molar-refractivity contribution in [3.63, 3.8) is 0 Å². The Labute approximate surface area is 94.7 Å². The highest BCUT2D eigenvalue weighted by Crippen LogP contribution is 2.47. The second-order valence-electron chi connectivity index (χ2n) is 5.26. The van der Waals surface area contributed by atoms with Gasteiger partial charge in [-0.3, -0.25) is 9.59 Å². The molecule has 2 aliphatic rings. The second-order valence-corrected chi connectivity index (χ2v) is 5.26. The molecule has 0 saturated heterocycles. The van der Waals surface area contributed by atoms with Gasteiger partial charge >= 0.3 is 5.97 Å². The topological polar surface area (TPSA) is 66.4 Å². The normalized spacial score (nSPS) is 36.8. The van der Waals surface area contributed by atoms with E-state index in [2.05, 4.69) is 5.32 Å². The monoisotopic (exact) mass is 223 g/mol. The first-order valence-electron chi connectivity index (χ1n) is 5.61. The van der Waals surface area contributed by atoms with Crippen molar-refractivity contribution in [1.82, 2.24) is 5.32 Å². The molecule has 1 fully saturated rings. The number of carbonyl (C=O) groups is 2. The quantitative estimate of drug-likeness (QED) is 0.694. The van der Waals surface area contributed by atoms with E-state index in [9.17, 15) is 14.7 Å². The third-order valence-electron chi connectivity index (χ3n) is 3.66. The summed E-state index contributed by atoms with van der Waals surface area (Å²) in [4.78, 5) is 22.2. The van der Waals surface area contributed by atoms with Gasteiger partial charge in [-0.1, -0.05) is 11.6 Å². The fraction of sp³-hybridized carbons (Fsp3) is 0.667.